The van der Waals surface area contributed by atoms with Crippen molar-refractivity contribution in [2.75, 3.05) is 0 Å². The molecule has 0 saturated heterocycles. The molecule has 7 heteroatoms. The summed E-state index contributed by atoms with van der Waals surface area (Å²) in [5.41, 5.74) is 0. The topological polar surface area (TPSA) is 58.9 Å². The minimum absolute atomic E-state index is 0.297. The van der Waals surface area contributed by atoms with E-state index in [1.807, 2.05) is 0 Å². The normalized spacial score (nSPS) is 13.4. The van der Waals surface area contributed by atoms with E-state index in [9.17, 15) is 0 Å². The third-order valence-electron chi connectivity index (χ3n) is 0.901. The van der Waals surface area contributed by atoms with Gasteiger partial charge >= 0.3 is 0 Å². The standard InChI is InChI=1S/C6H14O4S3/c1-5(2,11-7)9-12-6(3,4)10-13-8/h7-8H,1-4H3. The first-order valence-electron chi connectivity index (χ1n) is 3.51. The van der Waals surface area contributed by atoms with Gasteiger partial charge in [0.2, 0.25) is 0 Å². The van der Waals surface area contributed by atoms with Crippen LogP contribution in [0.2, 0.25) is 0 Å². The molecule has 0 bridgehead atoms. The Balaban J connectivity index is 3.86. The zero-order valence-corrected chi connectivity index (χ0v) is 10.4. The van der Waals surface area contributed by atoms with Crippen molar-refractivity contribution in [1.29, 1.82) is 0 Å². The smallest absolute Gasteiger partial charge is 0.157 e. The largest absolute Gasteiger partial charge is 0.328 e. The Hall–Kier alpha value is 0.890. The molecule has 0 radical (unpaired) electrons. The van der Waals surface area contributed by atoms with Crippen LogP contribution in [0.1, 0.15) is 27.7 Å². The van der Waals surface area contributed by atoms with Crippen LogP contribution in [0.4, 0.5) is 0 Å². The highest BCUT2D eigenvalue weighted by molar-refractivity contribution is 7.99. The number of rotatable bonds is 6. The Morgan fingerprint density at radius 3 is 1.85 bits per heavy atom. The van der Waals surface area contributed by atoms with Gasteiger partial charge in [-0.2, -0.15) is 0 Å². The lowest BCUT2D eigenvalue weighted by molar-refractivity contribution is 0.186. The molecule has 0 aromatic heterocycles. The third kappa shape index (κ3) is 6.89. The molecule has 0 amide bonds. The predicted molar refractivity (Wildman–Crippen MR) is 58.4 cm³/mol. The van der Waals surface area contributed by atoms with Crippen molar-refractivity contribution in [3.63, 3.8) is 0 Å². The van der Waals surface area contributed by atoms with Crippen molar-refractivity contribution < 1.29 is 17.5 Å². The van der Waals surface area contributed by atoms with Gasteiger partial charge in [-0.25, -0.2) is 0 Å². The van der Waals surface area contributed by atoms with Gasteiger partial charge < -0.3 is 9.11 Å². The minimum atomic E-state index is -0.689. The van der Waals surface area contributed by atoms with Crippen LogP contribution in [0.3, 0.4) is 0 Å². The van der Waals surface area contributed by atoms with Crippen LogP contribution in [-0.2, 0) is 8.37 Å². The van der Waals surface area contributed by atoms with E-state index < -0.39 is 9.87 Å². The molecule has 4 nitrogen and oxygen atoms in total. The Morgan fingerprint density at radius 1 is 0.923 bits per heavy atom. The van der Waals surface area contributed by atoms with E-state index in [0.29, 0.717) is 24.4 Å². The van der Waals surface area contributed by atoms with Gasteiger partial charge in [0.15, 0.2) is 17.3 Å². The van der Waals surface area contributed by atoms with Crippen LogP contribution in [-0.4, -0.2) is 19.0 Å². The van der Waals surface area contributed by atoms with Crippen LogP contribution in [0.15, 0.2) is 0 Å². The van der Waals surface area contributed by atoms with Crippen molar-refractivity contribution in [3.8, 4) is 0 Å². The lowest BCUT2D eigenvalue weighted by atomic mass is 10.5. The van der Waals surface area contributed by atoms with Gasteiger partial charge in [-0.3, -0.25) is 8.37 Å². The Kier molecular flexibility index (Phi) is 6.08. The maximum Gasteiger partial charge on any atom is 0.157 e. The first-order valence-corrected chi connectivity index (χ1v) is 5.73. The van der Waals surface area contributed by atoms with E-state index in [1.165, 1.54) is 0 Å². The lowest BCUT2D eigenvalue weighted by Crippen LogP contribution is -2.22. The third-order valence-corrected chi connectivity index (χ3v) is 3.11. The molecule has 0 saturated carbocycles. The van der Waals surface area contributed by atoms with Crippen LogP contribution in [0.5, 0.6) is 0 Å². The molecule has 0 aliphatic carbocycles. The fraction of sp³-hybridized carbons (Fsp3) is 1.00. The highest BCUT2D eigenvalue weighted by Crippen LogP contribution is 2.36. The molecule has 0 aliphatic heterocycles. The van der Waals surface area contributed by atoms with E-state index in [1.54, 1.807) is 27.7 Å². The Bertz CT molecular complexity index is 151. The summed E-state index contributed by atoms with van der Waals surface area (Å²) in [6.45, 7) is 6.96. The van der Waals surface area contributed by atoms with Crippen molar-refractivity contribution in [3.05, 3.63) is 0 Å². The molecule has 0 spiro atoms. The zero-order valence-electron chi connectivity index (χ0n) is 7.94. The van der Waals surface area contributed by atoms with Gasteiger partial charge in [0.05, 0.1) is 0 Å². The summed E-state index contributed by atoms with van der Waals surface area (Å²) < 4.78 is 27.4. The molecule has 0 aromatic rings. The van der Waals surface area contributed by atoms with E-state index in [0.717, 1.165) is 12.0 Å². The van der Waals surface area contributed by atoms with E-state index in [-0.39, 0.29) is 0 Å². The monoisotopic (exact) mass is 246 g/mol. The first-order chi connectivity index (χ1) is 5.83. The highest BCUT2D eigenvalue weighted by atomic mass is 32.2. The molecule has 2 N–H and O–H groups in total. The fourth-order valence-corrected chi connectivity index (χ4v) is 1.33. The maximum absolute atomic E-state index is 8.80. The van der Waals surface area contributed by atoms with Gasteiger partial charge in [-0.05, 0) is 27.7 Å². The molecule has 0 rings (SSSR count). The van der Waals surface area contributed by atoms with Gasteiger partial charge in [-0.15, -0.1) is 0 Å². The second-order valence-corrected chi connectivity index (χ2v) is 6.01. The second-order valence-electron chi connectivity index (χ2n) is 3.22. The van der Waals surface area contributed by atoms with Gasteiger partial charge in [0.25, 0.3) is 0 Å². The van der Waals surface area contributed by atoms with E-state index in [2.05, 4.69) is 0 Å². The van der Waals surface area contributed by atoms with Crippen LogP contribution in [0.25, 0.3) is 0 Å². The molecule has 0 heterocycles. The van der Waals surface area contributed by atoms with Gasteiger partial charge in [-0.1, -0.05) is 0 Å². The van der Waals surface area contributed by atoms with Gasteiger partial charge in [0, 0.05) is 24.1 Å². The van der Waals surface area contributed by atoms with Crippen LogP contribution in [0, 0.1) is 0 Å². The number of hydrogen-bond donors (Lipinski definition) is 2. The quantitative estimate of drug-likeness (QED) is 0.549. The highest BCUT2D eigenvalue weighted by Gasteiger charge is 2.27. The predicted octanol–water partition coefficient (Wildman–Crippen LogP) is 3.47. The van der Waals surface area contributed by atoms with Crippen LogP contribution >= 0.6 is 36.4 Å². The molecular formula is C6H14O4S3. The van der Waals surface area contributed by atoms with Crippen molar-refractivity contribution in [1.82, 2.24) is 0 Å². The summed E-state index contributed by atoms with van der Waals surface area (Å²) in [4.78, 5) is -1.35. The summed E-state index contributed by atoms with van der Waals surface area (Å²) in [5, 5.41) is 0. The van der Waals surface area contributed by atoms with E-state index in [4.69, 9.17) is 17.5 Å². The summed E-state index contributed by atoms with van der Waals surface area (Å²) in [7, 11) is 0. The summed E-state index contributed by atoms with van der Waals surface area (Å²) >= 11 is 1.97. The Labute approximate surface area is 91.6 Å². The first kappa shape index (κ1) is 13.9. The summed E-state index contributed by atoms with van der Waals surface area (Å²) in [6.07, 6.45) is 0. The second kappa shape index (κ2) is 5.69. The van der Waals surface area contributed by atoms with Crippen LogP contribution < -0.4 is 0 Å². The maximum atomic E-state index is 8.80. The lowest BCUT2D eigenvalue weighted by Gasteiger charge is -2.26. The molecule has 0 aliphatic rings. The minimum Gasteiger partial charge on any atom is -0.328 e. The fourth-order valence-electron chi connectivity index (χ4n) is 0.320. The molecule has 0 aromatic carbocycles. The van der Waals surface area contributed by atoms with Gasteiger partial charge in [0.1, 0.15) is 4.93 Å². The van der Waals surface area contributed by atoms with E-state index >= 15 is 0 Å². The van der Waals surface area contributed by atoms with Crippen molar-refractivity contribution >= 4 is 36.4 Å². The Morgan fingerprint density at radius 2 is 1.46 bits per heavy atom. The summed E-state index contributed by atoms with van der Waals surface area (Å²) in [5.74, 6) is 0. The van der Waals surface area contributed by atoms with Crippen molar-refractivity contribution in [2.24, 2.45) is 0 Å². The number of hydrogen-bond acceptors (Lipinski definition) is 7. The van der Waals surface area contributed by atoms with Crippen molar-refractivity contribution in [2.45, 2.75) is 37.6 Å². The summed E-state index contributed by atoms with van der Waals surface area (Å²) in [6, 6.07) is 0. The molecule has 0 atom stereocenters. The SMILES string of the molecule is CC(C)(OSC(C)(C)OSO)SO. The molecular weight excluding hydrogens is 232 g/mol. The average molecular weight is 246 g/mol. The molecule has 0 unspecified atom stereocenters. The zero-order chi connectivity index (χ0) is 10.5. The molecule has 13 heavy (non-hydrogen) atoms. The average Bonchev–Trinajstić information content (AvgIpc) is 2.02. The molecule has 0 fully saturated rings. The molecule has 80 valence electrons.